The molecule has 26 heavy (non-hydrogen) atoms. The van der Waals surface area contributed by atoms with Crippen LogP contribution < -0.4 is 5.32 Å². The van der Waals surface area contributed by atoms with Crippen LogP contribution in [0.5, 0.6) is 0 Å². The topological polar surface area (TPSA) is 92.5 Å². The SMILES string of the molecule is Cc1cc(C(=O)NCC(O)c2ccc(C(F)(F)F)cc2)ccc1[N+](=O)[O-]. The van der Waals surface area contributed by atoms with E-state index in [4.69, 9.17) is 0 Å². The minimum Gasteiger partial charge on any atom is -0.387 e. The number of alkyl halides is 3. The number of halogens is 3. The van der Waals surface area contributed by atoms with Crippen molar-refractivity contribution < 1.29 is 28.0 Å². The van der Waals surface area contributed by atoms with Gasteiger partial charge in [0.05, 0.1) is 16.6 Å². The Morgan fingerprint density at radius 2 is 1.85 bits per heavy atom. The van der Waals surface area contributed by atoms with Crippen LogP contribution in [0.3, 0.4) is 0 Å². The van der Waals surface area contributed by atoms with Gasteiger partial charge in [-0.25, -0.2) is 0 Å². The number of hydrogen-bond donors (Lipinski definition) is 2. The monoisotopic (exact) mass is 368 g/mol. The van der Waals surface area contributed by atoms with E-state index < -0.39 is 28.7 Å². The number of aliphatic hydroxyl groups is 1. The minimum atomic E-state index is -4.47. The number of benzene rings is 2. The second-order valence-electron chi connectivity index (χ2n) is 5.60. The highest BCUT2D eigenvalue weighted by Crippen LogP contribution is 2.29. The molecule has 2 rings (SSSR count). The maximum absolute atomic E-state index is 12.5. The first-order valence-corrected chi connectivity index (χ1v) is 7.48. The Morgan fingerprint density at radius 3 is 2.35 bits per heavy atom. The van der Waals surface area contributed by atoms with Gasteiger partial charge in [-0.2, -0.15) is 13.2 Å². The molecule has 2 N–H and O–H groups in total. The number of carbonyl (C=O) groups excluding carboxylic acids is 1. The quantitative estimate of drug-likeness (QED) is 0.625. The zero-order chi connectivity index (χ0) is 19.5. The molecule has 1 amide bonds. The summed E-state index contributed by atoms with van der Waals surface area (Å²) in [4.78, 5) is 22.3. The van der Waals surface area contributed by atoms with E-state index in [0.717, 1.165) is 24.3 Å². The van der Waals surface area contributed by atoms with Gasteiger partial charge in [0, 0.05) is 23.7 Å². The number of nitrogens with zero attached hydrogens (tertiary/aromatic N) is 1. The van der Waals surface area contributed by atoms with Crippen molar-refractivity contribution in [3.05, 3.63) is 74.8 Å². The van der Waals surface area contributed by atoms with Gasteiger partial charge in [0.1, 0.15) is 0 Å². The van der Waals surface area contributed by atoms with Gasteiger partial charge >= 0.3 is 6.18 Å². The Kier molecular flexibility index (Phi) is 5.61. The summed E-state index contributed by atoms with van der Waals surface area (Å²) in [6.07, 6.45) is -5.66. The van der Waals surface area contributed by atoms with Crippen LogP contribution in [0.4, 0.5) is 18.9 Å². The van der Waals surface area contributed by atoms with E-state index >= 15 is 0 Å². The molecule has 0 aliphatic rings. The molecular weight excluding hydrogens is 353 g/mol. The summed E-state index contributed by atoms with van der Waals surface area (Å²) in [5.74, 6) is -0.561. The Bertz CT molecular complexity index is 820. The number of nitrogens with one attached hydrogen (secondary N) is 1. The summed E-state index contributed by atoms with van der Waals surface area (Å²) in [6.45, 7) is 1.27. The molecule has 0 fully saturated rings. The lowest BCUT2D eigenvalue weighted by Gasteiger charge is -2.14. The first-order valence-electron chi connectivity index (χ1n) is 7.48. The van der Waals surface area contributed by atoms with Crippen LogP contribution in [0.15, 0.2) is 42.5 Å². The van der Waals surface area contributed by atoms with Gasteiger partial charge in [-0.1, -0.05) is 12.1 Å². The average molecular weight is 368 g/mol. The van der Waals surface area contributed by atoms with Gasteiger partial charge < -0.3 is 10.4 Å². The van der Waals surface area contributed by atoms with Crippen molar-refractivity contribution >= 4 is 11.6 Å². The molecule has 0 radical (unpaired) electrons. The third kappa shape index (κ3) is 4.57. The predicted octanol–water partition coefficient (Wildman–Crippen LogP) is 3.39. The number of rotatable bonds is 5. The molecule has 2 aromatic carbocycles. The number of hydrogen-bond acceptors (Lipinski definition) is 4. The van der Waals surface area contributed by atoms with Crippen molar-refractivity contribution in [2.75, 3.05) is 6.54 Å². The molecule has 0 heterocycles. The van der Waals surface area contributed by atoms with Crippen LogP contribution in [0, 0.1) is 17.0 Å². The third-order valence-corrected chi connectivity index (χ3v) is 3.73. The fourth-order valence-corrected chi connectivity index (χ4v) is 2.31. The van der Waals surface area contributed by atoms with Gasteiger partial charge in [0.25, 0.3) is 11.6 Å². The van der Waals surface area contributed by atoms with E-state index in [0.29, 0.717) is 5.56 Å². The molecule has 0 aliphatic carbocycles. The Labute approximate surface area is 146 Å². The van der Waals surface area contributed by atoms with Gasteiger partial charge in [0.2, 0.25) is 0 Å². The van der Waals surface area contributed by atoms with E-state index in [2.05, 4.69) is 5.32 Å². The molecule has 2 aromatic rings. The standard InChI is InChI=1S/C17H15F3N2O4/c1-10-8-12(4-7-14(10)22(25)26)16(24)21-9-15(23)11-2-5-13(6-3-11)17(18,19)20/h2-8,15,23H,9H2,1H3,(H,21,24). The van der Waals surface area contributed by atoms with Gasteiger partial charge in [-0.05, 0) is 36.8 Å². The summed E-state index contributed by atoms with van der Waals surface area (Å²) >= 11 is 0. The van der Waals surface area contributed by atoms with Crippen LogP contribution in [-0.4, -0.2) is 22.5 Å². The summed E-state index contributed by atoms with van der Waals surface area (Å²) in [5.41, 5.74) is -0.248. The van der Waals surface area contributed by atoms with Crippen molar-refractivity contribution in [1.82, 2.24) is 5.32 Å². The summed E-state index contributed by atoms with van der Waals surface area (Å²) in [7, 11) is 0. The van der Waals surface area contributed by atoms with Crippen molar-refractivity contribution in [1.29, 1.82) is 0 Å². The molecule has 0 saturated carbocycles. The number of aliphatic hydroxyl groups excluding tert-OH is 1. The van der Waals surface area contributed by atoms with Gasteiger partial charge in [-0.3, -0.25) is 14.9 Å². The van der Waals surface area contributed by atoms with E-state index in [1.807, 2.05) is 0 Å². The normalized spacial score (nSPS) is 12.5. The van der Waals surface area contributed by atoms with E-state index in [-0.39, 0.29) is 23.4 Å². The van der Waals surface area contributed by atoms with Crippen molar-refractivity contribution in [2.24, 2.45) is 0 Å². The molecular formula is C17H15F3N2O4. The van der Waals surface area contributed by atoms with E-state index in [1.165, 1.54) is 25.1 Å². The van der Waals surface area contributed by atoms with E-state index in [9.17, 15) is 33.2 Å². The molecule has 1 unspecified atom stereocenters. The van der Waals surface area contributed by atoms with Crippen LogP contribution in [0.1, 0.15) is 33.2 Å². The van der Waals surface area contributed by atoms with Gasteiger partial charge in [0.15, 0.2) is 0 Å². The maximum atomic E-state index is 12.5. The highest BCUT2D eigenvalue weighted by molar-refractivity contribution is 5.94. The fraction of sp³-hybridized carbons (Fsp3) is 0.235. The van der Waals surface area contributed by atoms with E-state index in [1.54, 1.807) is 0 Å². The van der Waals surface area contributed by atoms with Crippen LogP contribution in [-0.2, 0) is 6.18 Å². The highest BCUT2D eigenvalue weighted by Gasteiger charge is 2.30. The van der Waals surface area contributed by atoms with Crippen molar-refractivity contribution in [2.45, 2.75) is 19.2 Å². The molecule has 1 atom stereocenters. The lowest BCUT2D eigenvalue weighted by atomic mass is 10.1. The molecule has 0 spiro atoms. The minimum absolute atomic E-state index is 0.119. The molecule has 0 saturated heterocycles. The van der Waals surface area contributed by atoms with Gasteiger partial charge in [-0.15, -0.1) is 0 Å². The van der Waals surface area contributed by atoms with Crippen molar-refractivity contribution in [3.8, 4) is 0 Å². The molecule has 9 heteroatoms. The molecule has 0 aromatic heterocycles. The zero-order valence-electron chi connectivity index (χ0n) is 13.6. The predicted molar refractivity (Wildman–Crippen MR) is 86.6 cm³/mol. The highest BCUT2D eigenvalue weighted by atomic mass is 19.4. The lowest BCUT2D eigenvalue weighted by molar-refractivity contribution is -0.385. The smallest absolute Gasteiger partial charge is 0.387 e. The fourth-order valence-electron chi connectivity index (χ4n) is 2.31. The Morgan fingerprint density at radius 1 is 1.23 bits per heavy atom. The zero-order valence-corrected chi connectivity index (χ0v) is 13.6. The maximum Gasteiger partial charge on any atom is 0.416 e. The number of carbonyl (C=O) groups is 1. The lowest BCUT2D eigenvalue weighted by Crippen LogP contribution is -2.28. The third-order valence-electron chi connectivity index (χ3n) is 3.73. The second-order valence-corrected chi connectivity index (χ2v) is 5.60. The molecule has 0 bridgehead atoms. The number of amides is 1. The summed E-state index contributed by atoms with van der Waals surface area (Å²) < 4.78 is 37.5. The average Bonchev–Trinajstić information content (AvgIpc) is 2.58. The first kappa shape index (κ1) is 19.4. The van der Waals surface area contributed by atoms with Crippen LogP contribution >= 0.6 is 0 Å². The number of nitro groups is 1. The Balaban J connectivity index is 2.00. The summed E-state index contributed by atoms with van der Waals surface area (Å²) in [5, 5.41) is 23.2. The molecule has 138 valence electrons. The Hall–Kier alpha value is -2.94. The largest absolute Gasteiger partial charge is 0.416 e. The number of nitro benzene ring substituents is 1. The molecule has 6 nitrogen and oxygen atoms in total. The first-order chi connectivity index (χ1) is 12.1. The van der Waals surface area contributed by atoms with Crippen molar-refractivity contribution in [3.63, 3.8) is 0 Å². The van der Waals surface area contributed by atoms with Crippen LogP contribution in [0.2, 0.25) is 0 Å². The second kappa shape index (κ2) is 7.52. The summed E-state index contributed by atoms with van der Waals surface area (Å²) in [6, 6.07) is 7.80. The van der Waals surface area contributed by atoms with Crippen LogP contribution in [0.25, 0.3) is 0 Å². The molecule has 0 aliphatic heterocycles. The number of aryl methyl sites for hydroxylation is 1.